The third-order valence-corrected chi connectivity index (χ3v) is 25.7. The van der Waals surface area contributed by atoms with E-state index in [9.17, 15) is 0 Å². The van der Waals surface area contributed by atoms with E-state index in [-0.39, 0.29) is 10.8 Å². The lowest BCUT2D eigenvalue weighted by molar-refractivity contribution is 0.661. The fourth-order valence-corrected chi connectivity index (χ4v) is 21.2. The van der Waals surface area contributed by atoms with E-state index >= 15 is 0 Å². The van der Waals surface area contributed by atoms with Crippen LogP contribution in [0, 0.1) is 0 Å². The first-order chi connectivity index (χ1) is 47.1. The third-order valence-electron chi connectivity index (χ3n) is 22.2. The highest BCUT2D eigenvalue weighted by molar-refractivity contribution is 7.27. The van der Waals surface area contributed by atoms with Crippen molar-refractivity contribution in [3.05, 3.63) is 295 Å². The predicted octanol–water partition coefficient (Wildman–Crippen LogP) is 27.0. The van der Waals surface area contributed by atoms with E-state index < -0.39 is 0 Å². The zero-order valence-electron chi connectivity index (χ0n) is 53.0. The van der Waals surface area contributed by atoms with Crippen LogP contribution in [0.5, 0.6) is 0 Å². The van der Waals surface area contributed by atoms with Gasteiger partial charge in [-0.05, 0) is 192 Å². The molecule has 0 spiro atoms. The molecule has 3 nitrogen and oxygen atoms in total. The summed E-state index contributed by atoms with van der Waals surface area (Å²) in [7, 11) is 0. The van der Waals surface area contributed by atoms with E-state index in [1.807, 2.05) is 34.0 Å². The average molecular weight is 1280 g/mol. The maximum absolute atomic E-state index is 2.58. The molecular weight excluding hydrogens is 1220 g/mol. The Morgan fingerprint density at radius 1 is 0.271 bits per heavy atom. The molecule has 0 atom stereocenters. The lowest BCUT2D eigenvalue weighted by Crippen LogP contribution is -2.15. The molecule has 2 aliphatic carbocycles. The van der Waals surface area contributed by atoms with Crippen molar-refractivity contribution in [3.8, 4) is 22.3 Å². The van der Waals surface area contributed by atoms with Gasteiger partial charge in [0.15, 0.2) is 0 Å². The number of thiophene rings is 3. The number of aromatic nitrogens is 1. The molecule has 0 bridgehead atoms. The second-order valence-corrected chi connectivity index (χ2v) is 31.1. The molecule has 0 unspecified atom stereocenters. The van der Waals surface area contributed by atoms with Gasteiger partial charge < -0.3 is 14.2 Å². The second kappa shape index (κ2) is 19.0. The van der Waals surface area contributed by atoms with Crippen LogP contribution in [-0.4, -0.2) is 4.40 Å². The van der Waals surface area contributed by atoms with Crippen LogP contribution in [0.1, 0.15) is 49.9 Å². The maximum Gasteiger partial charge on any atom is 0.0640 e. The standard InChI is InChI=1S/C90H57N3S3/c1-89(2)73-37-33-55(45-70(73)68-40-50-16-5-7-18-52(50)43-75(68)89)91(78-26-14-23-64-60-20-9-11-28-81(60)95-87(64)78)57-31-35-59-63-22-13-25-66-85-67-49-84-72(42-54(67)30-39-77(85)93(86(63)66)80(59)47-57)62-36-32-58(48-83(62)94-84)92(79-27-15-24-65-61-21-10-12-29-82(61)96-88(65)79)56-34-38-74-71(46-56)69-41-51-17-6-8-19-53(51)44-76(69)90(74,3)4/h5-49H,1-4H3. The molecule has 96 heavy (non-hydrogen) atoms. The molecule has 2 aliphatic rings. The summed E-state index contributed by atoms with van der Waals surface area (Å²) in [4.78, 5) is 5.09. The Labute approximate surface area is 565 Å². The molecule has 0 aliphatic heterocycles. The lowest BCUT2D eigenvalue weighted by atomic mass is 9.82. The quantitative estimate of drug-likeness (QED) is 0.164. The number of hydrogen-bond donors (Lipinski definition) is 0. The van der Waals surface area contributed by atoms with E-state index in [4.69, 9.17) is 0 Å². The fraction of sp³-hybridized carbons (Fsp3) is 0.0667. The minimum atomic E-state index is -0.147. The summed E-state index contributed by atoms with van der Waals surface area (Å²) in [5.41, 5.74) is 21.2. The molecule has 0 fully saturated rings. The normalized spacial score (nSPS) is 14.0. The van der Waals surface area contributed by atoms with E-state index in [0.717, 1.165) is 22.7 Å². The highest BCUT2D eigenvalue weighted by atomic mass is 32.1. The van der Waals surface area contributed by atoms with Gasteiger partial charge in [-0.25, -0.2) is 0 Å². The molecule has 20 aromatic rings. The summed E-state index contributed by atoms with van der Waals surface area (Å²) < 4.78 is 10.3. The molecule has 6 heteroatoms. The van der Waals surface area contributed by atoms with Crippen molar-refractivity contribution in [1.29, 1.82) is 0 Å². The second-order valence-electron chi connectivity index (χ2n) is 27.9. The Hall–Kier alpha value is -10.9. The Kier molecular flexibility index (Phi) is 10.6. The largest absolute Gasteiger partial charge is 0.309 e. The van der Waals surface area contributed by atoms with Crippen LogP contribution in [0.25, 0.3) is 153 Å². The number of para-hydroxylation sites is 1. The van der Waals surface area contributed by atoms with Crippen LogP contribution in [0.2, 0.25) is 0 Å². The first-order valence-corrected chi connectivity index (χ1v) is 35.8. The molecule has 15 aromatic carbocycles. The maximum atomic E-state index is 2.58. The highest BCUT2D eigenvalue weighted by Crippen LogP contribution is 2.57. The SMILES string of the molecule is CC1(C)c2ccc(N(c3ccc4c(c3)sc3cc5c(ccc6c5c5cccc7c8ccc(N(c9ccc%10c(c9)-c9cc%11ccccc%11cc9C%10(C)C)c9cccc%10c9sc9ccccc9%10)cc8n6c75)cc34)c3cccc4c3sc3ccccc34)cc2-c2cc3ccccc3cc21. The summed E-state index contributed by atoms with van der Waals surface area (Å²) in [6.45, 7) is 9.57. The van der Waals surface area contributed by atoms with Crippen LogP contribution in [0.4, 0.5) is 34.1 Å². The minimum absolute atomic E-state index is 0.137. The predicted molar refractivity (Wildman–Crippen MR) is 417 cm³/mol. The molecule has 5 aromatic heterocycles. The smallest absolute Gasteiger partial charge is 0.0640 e. The van der Waals surface area contributed by atoms with Crippen molar-refractivity contribution in [2.75, 3.05) is 9.80 Å². The van der Waals surface area contributed by atoms with Crippen molar-refractivity contribution in [2.45, 2.75) is 38.5 Å². The summed E-state index contributed by atoms with van der Waals surface area (Å²) in [5, 5.41) is 20.5. The molecule has 0 N–H and O–H groups in total. The lowest BCUT2D eigenvalue weighted by Gasteiger charge is -2.28. The first-order valence-electron chi connectivity index (χ1n) is 33.4. The summed E-state index contributed by atoms with van der Waals surface area (Å²) >= 11 is 5.70. The highest BCUT2D eigenvalue weighted by Gasteiger charge is 2.38. The van der Waals surface area contributed by atoms with Crippen molar-refractivity contribution in [1.82, 2.24) is 4.40 Å². The van der Waals surface area contributed by atoms with E-state index in [1.165, 1.54) is 187 Å². The molecule has 0 saturated heterocycles. The van der Waals surface area contributed by atoms with Crippen molar-refractivity contribution < 1.29 is 0 Å². The van der Waals surface area contributed by atoms with E-state index in [0.29, 0.717) is 0 Å². The summed E-state index contributed by atoms with van der Waals surface area (Å²) in [6, 6.07) is 105. The summed E-state index contributed by atoms with van der Waals surface area (Å²) in [6.07, 6.45) is 0. The van der Waals surface area contributed by atoms with Crippen molar-refractivity contribution in [2.24, 2.45) is 0 Å². The van der Waals surface area contributed by atoms with Gasteiger partial charge in [-0.3, -0.25) is 0 Å². The van der Waals surface area contributed by atoms with Crippen LogP contribution in [0.15, 0.2) is 273 Å². The van der Waals surface area contributed by atoms with Crippen LogP contribution in [-0.2, 0) is 10.8 Å². The van der Waals surface area contributed by atoms with Gasteiger partial charge in [0.2, 0.25) is 0 Å². The fourth-order valence-electron chi connectivity index (χ4n) is 17.6. The van der Waals surface area contributed by atoms with Gasteiger partial charge in [-0.1, -0.05) is 185 Å². The number of nitrogens with zero attached hydrogens (tertiary/aromatic N) is 3. The molecule has 0 radical (unpaired) electrons. The minimum Gasteiger partial charge on any atom is -0.309 e. The van der Waals surface area contributed by atoms with E-state index in [1.54, 1.807) is 0 Å². The van der Waals surface area contributed by atoms with Gasteiger partial charge >= 0.3 is 0 Å². The Balaban J connectivity index is 0.719. The number of benzene rings is 15. The monoisotopic (exact) mass is 1280 g/mol. The molecule has 5 heterocycles. The van der Waals surface area contributed by atoms with Crippen LogP contribution >= 0.6 is 34.0 Å². The third kappa shape index (κ3) is 7.15. The number of fused-ring (bicyclic) bond motifs is 25. The van der Waals surface area contributed by atoms with Gasteiger partial charge in [-0.2, -0.15) is 0 Å². The Morgan fingerprint density at radius 3 is 1.33 bits per heavy atom. The van der Waals surface area contributed by atoms with Crippen molar-refractivity contribution in [3.63, 3.8) is 0 Å². The van der Waals surface area contributed by atoms with Gasteiger partial charge in [0.25, 0.3) is 0 Å². The average Bonchev–Trinajstić information content (AvgIpc) is 1.52. The number of hydrogen-bond acceptors (Lipinski definition) is 5. The molecule has 0 saturated carbocycles. The number of rotatable bonds is 6. The van der Waals surface area contributed by atoms with Crippen LogP contribution < -0.4 is 9.80 Å². The van der Waals surface area contributed by atoms with Crippen molar-refractivity contribution >= 4 is 199 Å². The molecule has 450 valence electrons. The van der Waals surface area contributed by atoms with E-state index in [2.05, 4.69) is 315 Å². The zero-order chi connectivity index (χ0) is 63.2. The Morgan fingerprint density at radius 2 is 0.729 bits per heavy atom. The molecule has 0 amide bonds. The zero-order valence-corrected chi connectivity index (χ0v) is 55.5. The van der Waals surface area contributed by atoms with Gasteiger partial charge in [0.1, 0.15) is 0 Å². The summed E-state index contributed by atoms with van der Waals surface area (Å²) in [5.74, 6) is 0. The number of anilines is 6. The Bertz CT molecular complexity index is 6870. The van der Waals surface area contributed by atoms with Gasteiger partial charge in [-0.15, -0.1) is 34.0 Å². The first kappa shape index (κ1) is 53.5. The van der Waals surface area contributed by atoms with Gasteiger partial charge in [0, 0.05) is 106 Å². The molecule has 22 rings (SSSR count). The van der Waals surface area contributed by atoms with Crippen LogP contribution in [0.3, 0.4) is 0 Å². The topological polar surface area (TPSA) is 10.9 Å². The van der Waals surface area contributed by atoms with Gasteiger partial charge in [0.05, 0.1) is 37.3 Å². The molecular formula is C90H57N3S3.